The summed E-state index contributed by atoms with van der Waals surface area (Å²) in [4.78, 5) is 13.1. The molecule has 4 rings (SSSR count). The fraction of sp³-hybridized carbons (Fsp3) is 0.606. The molecule has 0 saturated carbocycles. The second kappa shape index (κ2) is 9.47. The molecule has 0 atom stereocenters. The summed E-state index contributed by atoms with van der Waals surface area (Å²) < 4.78 is 15.7. The van der Waals surface area contributed by atoms with Crippen molar-refractivity contribution in [2.75, 3.05) is 11.2 Å². The smallest absolute Gasteiger partial charge is 0.343 e. The lowest BCUT2D eigenvalue weighted by Gasteiger charge is -2.27. The molecule has 5 heteroatoms. The monoisotopic (exact) mass is 537 g/mol. The maximum absolute atomic E-state index is 13.1. The molecule has 1 aromatic heterocycles. The van der Waals surface area contributed by atoms with Crippen LogP contribution in [-0.2, 0) is 26.5 Å². The predicted octanol–water partition coefficient (Wildman–Crippen LogP) is 10.1. The Labute approximate surface area is 230 Å². The third-order valence-corrected chi connectivity index (χ3v) is 9.15. The molecule has 1 fully saturated rings. The van der Waals surface area contributed by atoms with E-state index in [0.29, 0.717) is 13.0 Å². The molecular weight excluding hydrogens is 489 g/mol. The molecule has 1 saturated heterocycles. The van der Waals surface area contributed by atoms with Gasteiger partial charge in [-0.15, -0.1) is 0 Å². The maximum Gasteiger partial charge on any atom is 0.343 e. The van der Waals surface area contributed by atoms with E-state index < -0.39 is 8.16 Å². The van der Waals surface area contributed by atoms with Gasteiger partial charge in [0.15, 0.2) is 0 Å². The summed E-state index contributed by atoms with van der Waals surface area (Å²) in [6.45, 7) is 27.7. The summed E-state index contributed by atoms with van der Waals surface area (Å²) in [7, 11) is -1.65. The third kappa shape index (κ3) is 5.57. The van der Waals surface area contributed by atoms with E-state index in [0.717, 1.165) is 45.9 Å². The number of hydrogen-bond donors (Lipinski definition) is 0. The van der Waals surface area contributed by atoms with Crippen LogP contribution in [0.5, 0.6) is 0 Å². The number of benzene rings is 2. The van der Waals surface area contributed by atoms with Crippen molar-refractivity contribution in [2.24, 2.45) is 0 Å². The van der Waals surface area contributed by atoms with Crippen LogP contribution in [0.4, 0.5) is 0 Å². The summed E-state index contributed by atoms with van der Waals surface area (Å²) >= 11 is 0. The molecule has 38 heavy (non-hydrogen) atoms. The van der Waals surface area contributed by atoms with Crippen molar-refractivity contribution in [2.45, 2.75) is 124 Å². The standard InChI is InChI=1S/C33H48NO3P/c1-30(2,3)21-17-23-24-18-22(31(4,5)6)20-26(33(10,11)12)29(24)37-38(34-16-14-13-15-27(34)35)36-28(23)25(19-21)32(7,8)9/h17-20H,13-16H2,1-12H3. The maximum atomic E-state index is 13.1. The first-order valence-corrected chi connectivity index (χ1v) is 15.3. The van der Waals surface area contributed by atoms with Crippen molar-refractivity contribution in [1.29, 1.82) is 0 Å². The fourth-order valence-electron chi connectivity index (χ4n) is 5.07. The molecule has 208 valence electrons. The van der Waals surface area contributed by atoms with Gasteiger partial charge in [-0.25, -0.2) is 4.67 Å². The van der Waals surface area contributed by atoms with E-state index in [2.05, 4.69) is 107 Å². The van der Waals surface area contributed by atoms with Crippen molar-refractivity contribution in [3.05, 3.63) is 46.5 Å². The average Bonchev–Trinajstić information content (AvgIpc) is 2.92. The minimum absolute atomic E-state index is 0.0373. The highest BCUT2D eigenvalue weighted by Gasteiger charge is 2.31. The highest BCUT2D eigenvalue weighted by Crippen LogP contribution is 2.46. The van der Waals surface area contributed by atoms with Gasteiger partial charge in [0.25, 0.3) is 0 Å². The topological polar surface area (TPSA) is 46.6 Å². The summed E-state index contributed by atoms with van der Waals surface area (Å²) in [5, 5.41) is 2.15. The average molecular weight is 538 g/mol. The number of carbonyl (C=O) groups excluding carboxylic acids is 1. The molecule has 3 aromatic rings. The van der Waals surface area contributed by atoms with E-state index >= 15 is 0 Å². The molecule has 1 aliphatic heterocycles. The Morgan fingerprint density at radius 2 is 1.05 bits per heavy atom. The molecule has 2 heterocycles. The van der Waals surface area contributed by atoms with E-state index in [-0.39, 0.29) is 27.6 Å². The minimum atomic E-state index is -1.65. The number of amides is 1. The van der Waals surface area contributed by atoms with Gasteiger partial charge in [0.05, 0.1) is 0 Å². The van der Waals surface area contributed by atoms with E-state index in [4.69, 9.17) is 8.39 Å². The Bertz CT molecular complexity index is 1330. The molecule has 1 aliphatic rings. The zero-order chi connectivity index (χ0) is 28.4. The van der Waals surface area contributed by atoms with Crippen LogP contribution >= 0.6 is 8.16 Å². The molecular formula is C33H48NO3P. The summed E-state index contributed by atoms with van der Waals surface area (Å²) in [6, 6.07) is 9.24. The van der Waals surface area contributed by atoms with Crippen molar-refractivity contribution in [1.82, 2.24) is 0 Å². The van der Waals surface area contributed by atoms with Crippen LogP contribution in [0.1, 0.15) is 125 Å². The summed E-state index contributed by atoms with van der Waals surface area (Å²) in [5.74, 6) is 0.125. The molecule has 0 N–H and O–H groups in total. The van der Waals surface area contributed by atoms with Crippen LogP contribution in [0.3, 0.4) is 0 Å². The van der Waals surface area contributed by atoms with Gasteiger partial charge >= 0.3 is 8.16 Å². The van der Waals surface area contributed by atoms with Gasteiger partial charge < -0.3 is 8.39 Å². The zero-order valence-corrected chi connectivity index (χ0v) is 26.7. The molecule has 4 nitrogen and oxygen atoms in total. The minimum Gasteiger partial charge on any atom is -0.403 e. The number of nitrogens with zero attached hydrogens (tertiary/aromatic N) is 1. The molecule has 0 unspecified atom stereocenters. The summed E-state index contributed by atoms with van der Waals surface area (Å²) in [5.41, 5.74) is 6.20. The van der Waals surface area contributed by atoms with Gasteiger partial charge in [0.1, 0.15) is 11.2 Å². The number of hydrogen-bond acceptors (Lipinski definition) is 3. The van der Waals surface area contributed by atoms with Gasteiger partial charge in [0.2, 0.25) is 5.91 Å². The van der Waals surface area contributed by atoms with E-state index in [1.165, 1.54) is 11.1 Å². The summed E-state index contributed by atoms with van der Waals surface area (Å²) in [6.07, 6.45) is 2.45. The number of rotatable bonds is 1. The fourth-order valence-corrected chi connectivity index (χ4v) is 6.60. The molecule has 2 aromatic carbocycles. The first-order valence-electron chi connectivity index (χ1n) is 14.1. The van der Waals surface area contributed by atoms with Crippen molar-refractivity contribution in [3.8, 4) is 0 Å². The molecule has 0 bridgehead atoms. The van der Waals surface area contributed by atoms with Crippen LogP contribution in [0, 0.1) is 0 Å². The first kappa shape index (κ1) is 28.8. The van der Waals surface area contributed by atoms with Gasteiger partial charge in [-0.1, -0.05) is 95.2 Å². The Kier molecular flexibility index (Phi) is 7.18. The van der Waals surface area contributed by atoms with Gasteiger partial charge in [0, 0.05) is 34.9 Å². The quantitative estimate of drug-likeness (QED) is 0.310. The van der Waals surface area contributed by atoms with E-state index in [1.54, 1.807) is 0 Å². The third-order valence-electron chi connectivity index (χ3n) is 7.65. The highest BCUT2D eigenvalue weighted by atomic mass is 31.1. The predicted molar refractivity (Wildman–Crippen MR) is 163 cm³/mol. The van der Waals surface area contributed by atoms with Crippen molar-refractivity contribution >= 4 is 36.0 Å². The van der Waals surface area contributed by atoms with Crippen LogP contribution in [-0.4, -0.2) is 12.5 Å². The van der Waals surface area contributed by atoms with Crippen LogP contribution in [0.2, 0.25) is 0 Å². The SMILES string of the molecule is CC(C)(C)c1cc(C(C)(C)C)c2op(N3CCCCC3=O)oc3c(C(C)(C)C)cc(C(C)(C)C)cc3c2c1. The Hall–Kier alpha value is -2.19. The largest absolute Gasteiger partial charge is 0.403 e. The zero-order valence-electron chi connectivity index (χ0n) is 25.8. The van der Waals surface area contributed by atoms with Gasteiger partial charge in [-0.05, 0) is 57.8 Å². The second-order valence-corrected chi connectivity index (χ2v) is 16.5. The van der Waals surface area contributed by atoms with Crippen molar-refractivity contribution in [3.63, 3.8) is 0 Å². The number of fused-ring (bicyclic) bond motifs is 3. The molecule has 1 amide bonds. The van der Waals surface area contributed by atoms with Crippen LogP contribution < -0.4 is 4.67 Å². The number of piperidine rings is 1. The molecule has 0 spiro atoms. The highest BCUT2D eigenvalue weighted by molar-refractivity contribution is 7.40. The Morgan fingerprint density at radius 3 is 1.39 bits per heavy atom. The normalized spacial score (nSPS) is 16.0. The van der Waals surface area contributed by atoms with Gasteiger partial charge in [-0.3, -0.25) is 4.79 Å². The Balaban J connectivity index is 2.34. The van der Waals surface area contributed by atoms with Gasteiger partial charge in [-0.2, -0.15) is 0 Å². The van der Waals surface area contributed by atoms with Crippen LogP contribution in [0.25, 0.3) is 21.9 Å². The van der Waals surface area contributed by atoms with E-state index in [1.807, 2.05) is 4.67 Å². The van der Waals surface area contributed by atoms with E-state index in [9.17, 15) is 4.79 Å². The lowest BCUT2D eigenvalue weighted by Crippen LogP contribution is -2.32. The number of carbonyl (C=O) groups is 1. The molecule has 0 radical (unpaired) electrons. The lowest BCUT2D eigenvalue weighted by molar-refractivity contribution is -0.119. The first-order chi connectivity index (χ1) is 17.3. The second-order valence-electron chi connectivity index (χ2n) is 15.2. The molecule has 0 aliphatic carbocycles. The Morgan fingerprint density at radius 1 is 0.632 bits per heavy atom. The van der Waals surface area contributed by atoms with Crippen LogP contribution in [0.15, 0.2) is 32.7 Å². The van der Waals surface area contributed by atoms with Crippen molar-refractivity contribution < 1.29 is 13.2 Å². The lowest BCUT2D eigenvalue weighted by atomic mass is 9.77.